The Balaban J connectivity index is 0. The zero-order valence-corrected chi connectivity index (χ0v) is 8.45. The second-order valence-electron chi connectivity index (χ2n) is 1.77. The Hall–Kier alpha value is -0.0900. The molecule has 0 N–H and O–H groups in total. The fourth-order valence-electron chi connectivity index (χ4n) is 0.287. The second-order valence-corrected chi connectivity index (χ2v) is 2.11. The average molecular weight is 176 g/mol. The van der Waals surface area contributed by atoms with Gasteiger partial charge in [0.05, 0.1) is 6.61 Å². The van der Waals surface area contributed by atoms with E-state index in [0.717, 1.165) is 26.1 Å². The van der Waals surface area contributed by atoms with E-state index in [-0.39, 0.29) is 0 Å². The zero-order valence-electron chi connectivity index (χ0n) is 7.30. The summed E-state index contributed by atoms with van der Waals surface area (Å²) < 4.78 is 9.44. The highest BCUT2D eigenvalue weighted by molar-refractivity contribution is 7.09. The number of hydrogen-bond donors (Lipinski definition) is 0. The fraction of sp³-hybridized carbons (Fsp3) is 0.750. The summed E-state index contributed by atoms with van der Waals surface area (Å²) in [6.45, 7) is 3.49. The van der Waals surface area contributed by atoms with Crippen LogP contribution in [0.2, 0.25) is 0 Å². The lowest BCUT2D eigenvalue weighted by Gasteiger charge is -1.94. The lowest BCUT2D eigenvalue weighted by molar-refractivity contribution is 0.178. The number of terminal acetylenes is 1. The molecule has 3 heteroatoms. The van der Waals surface area contributed by atoms with Crippen LogP contribution in [-0.4, -0.2) is 20.3 Å². The molecule has 1 atom stereocenters. The van der Waals surface area contributed by atoms with Crippen molar-refractivity contribution in [3.05, 3.63) is 0 Å². The molecule has 11 heavy (non-hydrogen) atoms. The van der Waals surface area contributed by atoms with Crippen molar-refractivity contribution in [2.24, 2.45) is 0 Å². The molecule has 0 saturated heterocycles. The predicted molar refractivity (Wildman–Crippen MR) is 51.3 cm³/mol. The van der Waals surface area contributed by atoms with Crippen molar-refractivity contribution in [2.45, 2.75) is 19.8 Å². The van der Waals surface area contributed by atoms with Crippen molar-refractivity contribution in [2.75, 3.05) is 20.3 Å². The number of ether oxygens (including phenoxy) is 1. The molecule has 0 aromatic rings. The molecular weight excluding hydrogens is 159 g/mol. The molecule has 0 aliphatic heterocycles. The molecule has 0 aliphatic carbocycles. The topological polar surface area (TPSA) is 18.5 Å². The molecular formula is C8H17O2P. The van der Waals surface area contributed by atoms with E-state index in [0.29, 0.717) is 0 Å². The van der Waals surface area contributed by atoms with Gasteiger partial charge in [0.2, 0.25) is 0 Å². The average Bonchev–Trinajstić information content (AvgIpc) is 2.06. The Bertz CT molecular complexity index is 84.6. The van der Waals surface area contributed by atoms with Gasteiger partial charge in [-0.3, -0.25) is 0 Å². The Labute approximate surface area is 71.9 Å². The Morgan fingerprint density at radius 1 is 1.45 bits per heavy atom. The predicted octanol–water partition coefficient (Wildman–Crippen LogP) is 1.86. The minimum atomic E-state index is 0.762. The van der Waals surface area contributed by atoms with Crippen LogP contribution in [0.5, 0.6) is 0 Å². The number of hydrogen-bond acceptors (Lipinski definition) is 2. The third kappa shape index (κ3) is 25.7. The van der Waals surface area contributed by atoms with Crippen LogP contribution in [-0.2, 0) is 9.26 Å². The highest BCUT2D eigenvalue weighted by Gasteiger charge is 1.79. The van der Waals surface area contributed by atoms with E-state index < -0.39 is 0 Å². The van der Waals surface area contributed by atoms with E-state index in [4.69, 9.17) is 11.2 Å². The quantitative estimate of drug-likeness (QED) is 0.370. The van der Waals surface area contributed by atoms with Gasteiger partial charge in [0, 0.05) is 29.6 Å². The van der Waals surface area contributed by atoms with Crippen molar-refractivity contribution in [1.29, 1.82) is 0 Å². The first kappa shape index (κ1) is 13.5. The van der Waals surface area contributed by atoms with E-state index in [1.807, 2.05) is 6.92 Å². The van der Waals surface area contributed by atoms with E-state index in [1.54, 1.807) is 7.11 Å². The maximum atomic E-state index is 4.78. The van der Waals surface area contributed by atoms with Crippen LogP contribution in [0.15, 0.2) is 0 Å². The van der Waals surface area contributed by atoms with Crippen molar-refractivity contribution >= 4 is 9.47 Å². The van der Waals surface area contributed by atoms with Crippen molar-refractivity contribution in [1.82, 2.24) is 0 Å². The summed E-state index contributed by atoms with van der Waals surface area (Å²) in [5.74, 6) is 2.43. The molecule has 0 heterocycles. The standard InChI is InChI=1S/C4H11O2P.C4H6/c1-5-3-2-4-6-7;1-3-4-2/h2-4,7H2,1H3;1H,4H2,2H3. The van der Waals surface area contributed by atoms with Gasteiger partial charge in [-0.1, -0.05) is 6.92 Å². The van der Waals surface area contributed by atoms with Gasteiger partial charge in [0.1, 0.15) is 0 Å². The molecule has 2 nitrogen and oxygen atoms in total. The monoisotopic (exact) mass is 176 g/mol. The van der Waals surface area contributed by atoms with Crippen LogP contribution in [0, 0.1) is 12.3 Å². The van der Waals surface area contributed by atoms with Gasteiger partial charge in [-0.25, -0.2) is 0 Å². The van der Waals surface area contributed by atoms with E-state index in [9.17, 15) is 0 Å². The summed E-state index contributed by atoms with van der Waals surface area (Å²) >= 11 is 0. The molecule has 0 amide bonds. The molecule has 0 aromatic carbocycles. The second kappa shape index (κ2) is 16.5. The summed E-state index contributed by atoms with van der Waals surface area (Å²) in [5, 5.41) is 0. The van der Waals surface area contributed by atoms with E-state index in [2.05, 4.69) is 19.9 Å². The highest BCUT2D eigenvalue weighted by Crippen LogP contribution is 1.87. The number of rotatable bonds is 4. The summed E-state index contributed by atoms with van der Waals surface area (Å²) in [5.41, 5.74) is 0. The largest absolute Gasteiger partial charge is 0.385 e. The van der Waals surface area contributed by atoms with Gasteiger partial charge < -0.3 is 9.26 Å². The minimum absolute atomic E-state index is 0.762. The molecule has 1 unspecified atom stereocenters. The Morgan fingerprint density at radius 3 is 2.27 bits per heavy atom. The first-order valence-corrected chi connectivity index (χ1v) is 4.04. The molecule has 0 saturated carbocycles. The molecule has 0 rings (SSSR count). The lowest BCUT2D eigenvalue weighted by Crippen LogP contribution is -1.91. The highest BCUT2D eigenvalue weighted by atomic mass is 31.0. The van der Waals surface area contributed by atoms with Gasteiger partial charge >= 0.3 is 0 Å². The fourth-order valence-corrected chi connectivity index (χ4v) is 0.453. The maximum Gasteiger partial charge on any atom is 0.0523 e. The van der Waals surface area contributed by atoms with Gasteiger partial charge in [-0.15, -0.1) is 12.3 Å². The van der Waals surface area contributed by atoms with Gasteiger partial charge in [0.25, 0.3) is 0 Å². The maximum absolute atomic E-state index is 4.78. The third-order valence-corrected chi connectivity index (χ3v) is 1.05. The molecule has 0 aromatic heterocycles. The SMILES string of the molecule is C#CCC.COCCCOP. The van der Waals surface area contributed by atoms with Gasteiger partial charge in [0.15, 0.2) is 0 Å². The summed E-state index contributed by atoms with van der Waals surface area (Å²) in [6, 6.07) is 0. The van der Waals surface area contributed by atoms with Crippen LogP contribution in [0.4, 0.5) is 0 Å². The number of methoxy groups -OCH3 is 1. The Morgan fingerprint density at radius 2 is 2.00 bits per heavy atom. The minimum Gasteiger partial charge on any atom is -0.385 e. The van der Waals surface area contributed by atoms with Crippen LogP contribution < -0.4 is 0 Å². The molecule has 0 bridgehead atoms. The molecule has 0 radical (unpaired) electrons. The Kier molecular flexibility index (Phi) is 20.2. The molecule has 0 aliphatic rings. The van der Waals surface area contributed by atoms with E-state index >= 15 is 0 Å². The van der Waals surface area contributed by atoms with Gasteiger partial charge in [-0.2, -0.15) is 0 Å². The van der Waals surface area contributed by atoms with E-state index in [1.165, 1.54) is 0 Å². The van der Waals surface area contributed by atoms with Crippen LogP contribution in [0.1, 0.15) is 19.8 Å². The van der Waals surface area contributed by atoms with Crippen LogP contribution in [0.3, 0.4) is 0 Å². The normalized spacial score (nSPS) is 7.82. The molecule has 0 spiro atoms. The lowest BCUT2D eigenvalue weighted by atomic mass is 10.5. The van der Waals surface area contributed by atoms with Crippen molar-refractivity contribution in [3.8, 4) is 12.3 Å². The van der Waals surface area contributed by atoms with Crippen LogP contribution in [0.25, 0.3) is 0 Å². The van der Waals surface area contributed by atoms with Crippen molar-refractivity contribution < 1.29 is 9.26 Å². The zero-order chi connectivity index (χ0) is 8.95. The first-order valence-electron chi connectivity index (χ1n) is 3.57. The molecule has 66 valence electrons. The van der Waals surface area contributed by atoms with Crippen LogP contribution >= 0.6 is 9.47 Å². The summed E-state index contributed by atoms with van der Waals surface area (Å²) in [6.07, 6.45) is 6.60. The molecule has 0 fully saturated rings. The smallest absolute Gasteiger partial charge is 0.0523 e. The van der Waals surface area contributed by atoms with Gasteiger partial charge in [-0.05, 0) is 6.42 Å². The van der Waals surface area contributed by atoms with Crippen molar-refractivity contribution in [3.63, 3.8) is 0 Å². The third-order valence-electron chi connectivity index (χ3n) is 0.815. The summed E-state index contributed by atoms with van der Waals surface area (Å²) in [4.78, 5) is 0. The first-order chi connectivity index (χ1) is 5.33. The summed E-state index contributed by atoms with van der Waals surface area (Å²) in [7, 11) is 3.88.